The number of rotatable bonds is 5. The molecule has 0 bridgehead atoms. The second-order valence-electron chi connectivity index (χ2n) is 9.23. The minimum Gasteiger partial charge on any atom is -0.355 e. The molecule has 2 unspecified atom stereocenters. The number of piperidine rings is 1. The zero-order chi connectivity index (χ0) is 20.8. The van der Waals surface area contributed by atoms with Gasteiger partial charge in [0.2, 0.25) is 5.91 Å². The number of piperazine rings is 1. The zero-order valence-electron chi connectivity index (χ0n) is 19.5. The summed E-state index contributed by atoms with van der Waals surface area (Å²) in [4.78, 5) is 26.5. The first-order valence-electron chi connectivity index (χ1n) is 11.7. The van der Waals surface area contributed by atoms with Gasteiger partial charge < -0.3 is 15.1 Å². The Balaban J connectivity index is 0.00000320. The Morgan fingerprint density at radius 1 is 0.933 bits per heavy atom. The van der Waals surface area contributed by atoms with Gasteiger partial charge in [0.1, 0.15) is 0 Å². The van der Waals surface area contributed by atoms with E-state index in [-0.39, 0.29) is 30.0 Å². The summed E-state index contributed by atoms with van der Waals surface area (Å²) < 4.78 is 0. The van der Waals surface area contributed by atoms with Gasteiger partial charge in [-0.3, -0.25) is 19.6 Å². The molecule has 3 aliphatic heterocycles. The Bertz CT molecular complexity index is 552. The van der Waals surface area contributed by atoms with Crippen molar-refractivity contribution in [3.05, 3.63) is 0 Å². The highest BCUT2D eigenvalue weighted by Gasteiger charge is 2.30. The molecule has 0 aromatic carbocycles. The van der Waals surface area contributed by atoms with E-state index in [2.05, 4.69) is 45.8 Å². The summed E-state index contributed by atoms with van der Waals surface area (Å²) in [5.74, 6) is 2.18. The van der Waals surface area contributed by atoms with Crippen LogP contribution in [0.3, 0.4) is 0 Å². The number of nitrogens with zero attached hydrogens (tertiary/aromatic N) is 5. The fourth-order valence-corrected chi connectivity index (χ4v) is 4.85. The van der Waals surface area contributed by atoms with Crippen molar-refractivity contribution in [3.8, 4) is 0 Å². The normalized spacial score (nSPS) is 24.5. The van der Waals surface area contributed by atoms with Crippen molar-refractivity contribution in [3.63, 3.8) is 0 Å². The van der Waals surface area contributed by atoms with E-state index in [1.165, 1.54) is 25.9 Å². The van der Waals surface area contributed by atoms with Gasteiger partial charge in [-0.2, -0.15) is 0 Å². The van der Waals surface area contributed by atoms with Gasteiger partial charge in [-0.25, -0.2) is 0 Å². The van der Waals surface area contributed by atoms with Gasteiger partial charge in [0, 0.05) is 58.9 Å². The molecular weight excluding hydrogens is 491 g/mol. The molecule has 3 heterocycles. The van der Waals surface area contributed by atoms with Crippen molar-refractivity contribution in [2.24, 2.45) is 10.9 Å². The average molecular weight is 535 g/mol. The van der Waals surface area contributed by atoms with Crippen molar-refractivity contribution in [1.82, 2.24) is 24.9 Å². The third-order valence-electron chi connectivity index (χ3n) is 7.15. The van der Waals surface area contributed by atoms with Crippen LogP contribution in [0.15, 0.2) is 4.99 Å². The van der Waals surface area contributed by atoms with Crippen LogP contribution >= 0.6 is 24.0 Å². The number of amides is 1. The molecule has 0 spiro atoms. The van der Waals surface area contributed by atoms with E-state index in [0.29, 0.717) is 11.9 Å². The Morgan fingerprint density at radius 3 is 2.10 bits per heavy atom. The molecule has 8 heteroatoms. The largest absolute Gasteiger partial charge is 0.355 e. The lowest BCUT2D eigenvalue weighted by Crippen LogP contribution is -2.57. The summed E-state index contributed by atoms with van der Waals surface area (Å²) >= 11 is 0. The summed E-state index contributed by atoms with van der Waals surface area (Å²) in [6.07, 6.45) is 4.94. The number of likely N-dealkylation sites (tertiary alicyclic amines) is 2. The van der Waals surface area contributed by atoms with Crippen LogP contribution in [-0.2, 0) is 4.79 Å². The highest BCUT2D eigenvalue weighted by molar-refractivity contribution is 14.0. The quantitative estimate of drug-likeness (QED) is 0.332. The fourth-order valence-electron chi connectivity index (χ4n) is 4.85. The second-order valence-corrected chi connectivity index (χ2v) is 9.23. The van der Waals surface area contributed by atoms with Gasteiger partial charge in [-0.1, -0.05) is 6.92 Å². The highest BCUT2D eigenvalue weighted by Crippen LogP contribution is 2.18. The van der Waals surface area contributed by atoms with Crippen LogP contribution in [-0.4, -0.2) is 110 Å². The van der Waals surface area contributed by atoms with Crippen molar-refractivity contribution in [2.45, 2.75) is 58.5 Å². The number of hydrogen-bond acceptors (Lipinski definition) is 4. The molecule has 174 valence electrons. The van der Waals surface area contributed by atoms with E-state index in [1.54, 1.807) is 0 Å². The lowest BCUT2D eigenvalue weighted by atomic mass is 9.98. The van der Waals surface area contributed by atoms with Crippen LogP contribution in [0.4, 0.5) is 0 Å². The minimum absolute atomic E-state index is 0. The van der Waals surface area contributed by atoms with Crippen molar-refractivity contribution in [2.75, 3.05) is 66.0 Å². The number of hydrogen-bond donors (Lipinski definition) is 1. The molecule has 7 nitrogen and oxygen atoms in total. The number of carbonyl (C=O) groups excluding carboxylic acids is 1. The molecule has 3 rings (SSSR count). The van der Waals surface area contributed by atoms with Crippen LogP contribution in [0, 0.1) is 5.92 Å². The average Bonchev–Trinajstić information content (AvgIpc) is 3.29. The van der Waals surface area contributed by atoms with Crippen LogP contribution < -0.4 is 5.32 Å². The standard InChI is InChI=1S/C22H42N6O.HI/c1-18-7-11-25(12-8-18)19(2)17-24-22(23-4)28-15-13-26(14-16-28)20(3)21(29)27-9-5-6-10-27;/h18-20H,5-17H2,1-4H3,(H,23,24);1H. The molecule has 2 atom stereocenters. The monoisotopic (exact) mass is 534 g/mol. The third-order valence-corrected chi connectivity index (χ3v) is 7.15. The van der Waals surface area contributed by atoms with Crippen LogP contribution in [0.2, 0.25) is 0 Å². The number of carbonyl (C=O) groups is 1. The Hall–Kier alpha value is -0.610. The third kappa shape index (κ3) is 6.69. The van der Waals surface area contributed by atoms with E-state index in [9.17, 15) is 4.79 Å². The smallest absolute Gasteiger partial charge is 0.239 e. The highest BCUT2D eigenvalue weighted by atomic mass is 127. The lowest BCUT2D eigenvalue weighted by Gasteiger charge is -2.40. The molecule has 3 aliphatic rings. The van der Waals surface area contributed by atoms with Crippen LogP contribution in [0.1, 0.15) is 46.5 Å². The van der Waals surface area contributed by atoms with Gasteiger partial charge in [-0.15, -0.1) is 24.0 Å². The maximum absolute atomic E-state index is 12.7. The zero-order valence-corrected chi connectivity index (χ0v) is 21.8. The molecule has 0 aromatic rings. The Kier molecular flexibility index (Phi) is 10.6. The molecule has 3 saturated heterocycles. The Labute approximate surface area is 200 Å². The molecule has 0 aromatic heterocycles. The lowest BCUT2D eigenvalue weighted by molar-refractivity contribution is -0.135. The number of guanidine groups is 1. The van der Waals surface area contributed by atoms with E-state index < -0.39 is 0 Å². The summed E-state index contributed by atoms with van der Waals surface area (Å²) in [7, 11) is 1.88. The molecule has 1 N–H and O–H groups in total. The molecule has 0 saturated carbocycles. The summed E-state index contributed by atoms with van der Waals surface area (Å²) in [6.45, 7) is 15.7. The topological polar surface area (TPSA) is 54.4 Å². The molecular formula is C22H43IN6O. The first kappa shape index (κ1) is 25.6. The molecule has 0 radical (unpaired) electrons. The summed E-state index contributed by atoms with van der Waals surface area (Å²) in [5.41, 5.74) is 0. The molecule has 0 aliphatic carbocycles. The predicted molar refractivity (Wildman–Crippen MR) is 135 cm³/mol. The number of aliphatic imine (C=N–C) groups is 1. The fraction of sp³-hybridized carbons (Fsp3) is 0.909. The molecule has 1 amide bonds. The predicted octanol–water partition coefficient (Wildman–Crippen LogP) is 1.93. The van der Waals surface area contributed by atoms with Crippen LogP contribution in [0.5, 0.6) is 0 Å². The number of nitrogens with one attached hydrogen (secondary N) is 1. The van der Waals surface area contributed by atoms with Crippen molar-refractivity contribution in [1.29, 1.82) is 0 Å². The maximum Gasteiger partial charge on any atom is 0.239 e. The maximum atomic E-state index is 12.7. The minimum atomic E-state index is -0.00765. The summed E-state index contributed by atoms with van der Waals surface area (Å²) in [5, 5.41) is 3.60. The van der Waals surface area contributed by atoms with Crippen LogP contribution in [0.25, 0.3) is 0 Å². The molecule has 3 fully saturated rings. The van der Waals surface area contributed by atoms with E-state index in [0.717, 1.165) is 70.5 Å². The van der Waals surface area contributed by atoms with E-state index in [4.69, 9.17) is 0 Å². The van der Waals surface area contributed by atoms with Crippen molar-refractivity contribution >= 4 is 35.8 Å². The van der Waals surface area contributed by atoms with Gasteiger partial charge >= 0.3 is 0 Å². The number of halogens is 1. The molecule has 30 heavy (non-hydrogen) atoms. The van der Waals surface area contributed by atoms with Crippen molar-refractivity contribution < 1.29 is 4.79 Å². The Morgan fingerprint density at radius 2 is 1.53 bits per heavy atom. The van der Waals surface area contributed by atoms with E-state index >= 15 is 0 Å². The second kappa shape index (κ2) is 12.4. The SMILES string of the molecule is CN=C(NCC(C)N1CCC(C)CC1)N1CCN(C(C)C(=O)N2CCCC2)CC1.I. The van der Waals surface area contributed by atoms with Gasteiger partial charge in [0.15, 0.2) is 5.96 Å². The van der Waals surface area contributed by atoms with Gasteiger partial charge in [0.05, 0.1) is 6.04 Å². The van der Waals surface area contributed by atoms with Gasteiger partial charge in [0.25, 0.3) is 0 Å². The van der Waals surface area contributed by atoms with E-state index in [1.807, 2.05) is 11.9 Å². The first-order valence-corrected chi connectivity index (χ1v) is 11.7. The first-order chi connectivity index (χ1) is 14.0. The van der Waals surface area contributed by atoms with Gasteiger partial charge in [-0.05, 0) is 58.5 Å². The summed E-state index contributed by atoms with van der Waals surface area (Å²) in [6, 6.07) is 0.519.